The highest BCUT2D eigenvalue weighted by atomic mass is 35.5. The molecule has 130 valence electrons. The molecule has 0 unspecified atom stereocenters. The lowest BCUT2D eigenvalue weighted by Gasteiger charge is -2.26. The van der Waals surface area contributed by atoms with Gasteiger partial charge in [-0.3, -0.25) is 9.58 Å². The number of likely N-dealkylation sites (tertiary alicyclic amines) is 1. The first-order valence-corrected chi connectivity index (χ1v) is 8.81. The van der Waals surface area contributed by atoms with Crippen molar-refractivity contribution in [2.45, 2.75) is 38.1 Å². The summed E-state index contributed by atoms with van der Waals surface area (Å²) >= 11 is 6.10. The monoisotopic (exact) mass is 349 g/mol. The summed E-state index contributed by atoms with van der Waals surface area (Å²) in [6.45, 7) is 3.27. The second-order valence-electron chi connectivity index (χ2n) is 6.28. The molecule has 1 aromatic carbocycles. The lowest BCUT2D eigenvalue weighted by atomic mass is 10.2. The summed E-state index contributed by atoms with van der Waals surface area (Å²) in [5.41, 5.74) is 0.948. The zero-order valence-electron chi connectivity index (χ0n) is 13.7. The van der Waals surface area contributed by atoms with Gasteiger partial charge in [0.15, 0.2) is 0 Å². The molecule has 1 fully saturated rings. The van der Waals surface area contributed by atoms with Crippen LogP contribution in [0.25, 0.3) is 0 Å². The van der Waals surface area contributed by atoms with E-state index in [1.165, 1.54) is 6.42 Å². The molecule has 0 spiro atoms. The van der Waals surface area contributed by atoms with Crippen LogP contribution in [0.4, 0.5) is 0 Å². The van der Waals surface area contributed by atoms with Gasteiger partial charge in [0, 0.05) is 30.0 Å². The first-order chi connectivity index (χ1) is 11.7. The molecule has 1 aliphatic rings. The number of aromatic nitrogens is 2. The third kappa shape index (κ3) is 4.80. The van der Waals surface area contributed by atoms with E-state index in [4.69, 9.17) is 16.3 Å². The minimum atomic E-state index is -0.495. The number of β-amino-alcohol motifs (C(OH)–C–C–N with tert-alkyl or cyclic N) is 1. The summed E-state index contributed by atoms with van der Waals surface area (Å²) in [6, 6.07) is 9.99. The van der Waals surface area contributed by atoms with Crippen molar-refractivity contribution >= 4 is 11.6 Å². The highest BCUT2D eigenvalue weighted by Gasteiger charge is 2.26. The standard InChI is InChI=1S/C18H24ClN3O2/c19-18-7-2-1-5-15(18)13-24-14-17(23)12-21-9-3-6-16(21)11-22-10-4-8-20-22/h1-2,4-5,7-8,10,16-17,23H,3,6,9,11-14H2/t16-,17-/m1/s1. The highest BCUT2D eigenvalue weighted by molar-refractivity contribution is 6.31. The molecule has 1 aromatic heterocycles. The number of hydrogen-bond acceptors (Lipinski definition) is 4. The lowest BCUT2D eigenvalue weighted by molar-refractivity contribution is 0.00668. The zero-order chi connectivity index (χ0) is 16.8. The SMILES string of the molecule is O[C@@H](COCc1ccccc1Cl)CN1CCC[C@@H]1Cn1cccn1. The quantitative estimate of drug-likeness (QED) is 0.795. The molecule has 1 N–H and O–H groups in total. The molecule has 1 aliphatic heterocycles. The van der Waals surface area contributed by atoms with E-state index >= 15 is 0 Å². The summed E-state index contributed by atoms with van der Waals surface area (Å²) < 4.78 is 7.60. The van der Waals surface area contributed by atoms with Crippen molar-refractivity contribution in [2.24, 2.45) is 0 Å². The first kappa shape index (κ1) is 17.4. The summed E-state index contributed by atoms with van der Waals surface area (Å²) in [5, 5.41) is 15.3. The number of benzene rings is 1. The Morgan fingerprint density at radius 1 is 1.33 bits per heavy atom. The molecule has 0 amide bonds. The topological polar surface area (TPSA) is 50.5 Å². The first-order valence-electron chi connectivity index (χ1n) is 8.43. The molecule has 0 bridgehead atoms. The fourth-order valence-corrected chi connectivity index (χ4v) is 3.40. The van der Waals surface area contributed by atoms with Crippen molar-refractivity contribution in [3.05, 3.63) is 53.3 Å². The van der Waals surface area contributed by atoms with Crippen molar-refractivity contribution < 1.29 is 9.84 Å². The van der Waals surface area contributed by atoms with Gasteiger partial charge >= 0.3 is 0 Å². The molecule has 2 heterocycles. The van der Waals surface area contributed by atoms with E-state index in [2.05, 4.69) is 10.00 Å². The number of aliphatic hydroxyl groups is 1. The molecule has 2 atom stereocenters. The molecule has 0 aliphatic carbocycles. The van der Waals surface area contributed by atoms with E-state index in [1.54, 1.807) is 6.20 Å². The Bertz CT molecular complexity index is 620. The van der Waals surface area contributed by atoms with Gasteiger partial charge in [0.1, 0.15) is 0 Å². The van der Waals surface area contributed by atoms with Gasteiger partial charge in [-0.2, -0.15) is 5.10 Å². The molecule has 2 aromatic rings. The number of aliphatic hydroxyl groups excluding tert-OH is 1. The third-order valence-electron chi connectivity index (χ3n) is 4.43. The second-order valence-corrected chi connectivity index (χ2v) is 6.69. The molecule has 5 nitrogen and oxygen atoms in total. The van der Waals surface area contributed by atoms with Crippen LogP contribution in [0.5, 0.6) is 0 Å². The van der Waals surface area contributed by atoms with Crippen molar-refractivity contribution in [1.29, 1.82) is 0 Å². The lowest BCUT2D eigenvalue weighted by Crippen LogP contribution is -2.40. The van der Waals surface area contributed by atoms with Crippen LogP contribution in [0.3, 0.4) is 0 Å². The van der Waals surface area contributed by atoms with Crippen molar-refractivity contribution in [3.8, 4) is 0 Å². The Morgan fingerprint density at radius 2 is 2.21 bits per heavy atom. The van der Waals surface area contributed by atoms with E-state index < -0.39 is 6.10 Å². The van der Waals surface area contributed by atoms with Crippen LogP contribution in [0.2, 0.25) is 5.02 Å². The van der Waals surface area contributed by atoms with Crippen LogP contribution < -0.4 is 0 Å². The number of hydrogen-bond donors (Lipinski definition) is 1. The van der Waals surface area contributed by atoms with Gasteiger partial charge in [-0.1, -0.05) is 29.8 Å². The number of ether oxygens (including phenoxy) is 1. The minimum absolute atomic E-state index is 0.316. The van der Waals surface area contributed by atoms with Crippen molar-refractivity contribution in [1.82, 2.24) is 14.7 Å². The maximum Gasteiger partial charge on any atom is 0.0900 e. The minimum Gasteiger partial charge on any atom is -0.389 e. The Balaban J connectivity index is 1.42. The van der Waals surface area contributed by atoms with E-state index in [9.17, 15) is 5.11 Å². The summed E-state index contributed by atoms with van der Waals surface area (Å²) in [4.78, 5) is 2.34. The van der Waals surface area contributed by atoms with Crippen LogP contribution in [-0.4, -0.2) is 51.6 Å². The van der Waals surface area contributed by atoms with E-state index in [0.29, 0.717) is 30.8 Å². The molecule has 24 heavy (non-hydrogen) atoms. The predicted molar refractivity (Wildman–Crippen MR) is 93.9 cm³/mol. The van der Waals surface area contributed by atoms with E-state index in [0.717, 1.165) is 25.1 Å². The Kier molecular flexibility index (Phi) is 6.26. The Labute approximate surface area is 147 Å². The molecule has 0 saturated carbocycles. The van der Waals surface area contributed by atoms with Crippen LogP contribution in [0.1, 0.15) is 18.4 Å². The van der Waals surface area contributed by atoms with Gasteiger partial charge in [0.2, 0.25) is 0 Å². The van der Waals surface area contributed by atoms with Gasteiger partial charge in [-0.15, -0.1) is 0 Å². The number of nitrogens with zero attached hydrogens (tertiary/aromatic N) is 3. The van der Waals surface area contributed by atoms with Gasteiger partial charge < -0.3 is 9.84 Å². The average Bonchev–Trinajstić information content (AvgIpc) is 3.22. The number of rotatable bonds is 8. The third-order valence-corrected chi connectivity index (χ3v) is 4.80. The molecule has 3 rings (SSSR count). The molecule has 6 heteroatoms. The van der Waals surface area contributed by atoms with Crippen molar-refractivity contribution in [2.75, 3.05) is 19.7 Å². The molecular formula is C18H24ClN3O2. The average molecular weight is 350 g/mol. The summed E-state index contributed by atoms with van der Waals surface area (Å²) in [6.07, 6.45) is 5.61. The van der Waals surface area contributed by atoms with Gasteiger partial charge in [0.05, 0.1) is 25.9 Å². The molecule has 0 radical (unpaired) electrons. The van der Waals surface area contributed by atoms with Crippen molar-refractivity contribution in [3.63, 3.8) is 0 Å². The molecule has 1 saturated heterocycles. The Hall–Kier alpha value is -1.40. The zero-order valence-corrected chi connectivity index (χ0v) is 14.5. The van der Waals surface area contributed by atoms with E-state index in [-0.39, 0.29) is 0 Å². The maximum atomic E-state index is 10.3. The fraction of sp³-hybridized carbons (Fsp3) is 0.500. The maximum absolute atomic E-state index is 10.3. The summed E-state index contributed by atoms with van der Waals surface area (Å²) in [5.74, 6) is 0. The largest absolute Gasteiger partial charge is 0.389 e. The fourth-order valence-electron chi connectivity index (χ4n) is 3.21. The van der Waals surface area contributed by atoms with E-state index in [1.807, 2.05) is 41.2 Å². The normalized spacial score (nSPS) is 19.7. The van der Waals surface area contributed by atoms with Crippen LogP contribution in [0, 0.1) is 0 Å². The second kappa shape index (κ2) is 8.62. The van der Waals surface area contributed by atoms with Gasteiger partial charge in [0.25, 0.3) is 0 Å². The summed E-state index contributed by atoms with van der Waals surface area (Å²) in [7, 11) is 0. The van der Waals surface area contributed by atoms with Gasteiger partial charge in [-0.05, 0) is 37.1 Å². The highest BCUT2D eigenvalue weighted by Crippen LogP contribution is 2.19. The van der Waals surface area contributed by atoms with Gasteiger partial charge in [-0.25, -0.2) is 0 Å². The molecular weight excluding hydrogens is 326 g/mol. The smallest absolute Gasteiger partial charge is 0.0900 e. The van der Waals surface area contributed by atoms with Crippen LogP contribution in [0.15, 0.2) is 42.7 Å². The Morgan fingerprint density at radius 3 is 3.00 bits per heavy atom. The van der Waals surface area contributed by atoms with Crippen LogP contribution in [-0.2, 0) is 17.9 Å². The predicted octanol–water partition coefficient (Wildman–Crippen LogP) is 2.58. The van der Waals surface area contributed by atoms with Crippen LogP contribution >= 0.6 is 11.6 Å². The number of halogens is 1.